The van der Waals surface area contributed by atoms with Crippen LogP contribution in [0.5, 0.6) is 0 Å². The molecule has 0 N–H and O–H groups in total. The molecule has 0 aliphatic heterocycles. The van der Waals surface area contributed by atoms with Gasteiger partial charge in [0, 0.05) is 11.6 Å². The van der Waals surface area contributed by atoms with E-state index in [0.717, 1.165) is 6.07 Å². The molecule has 0 amide bonds. The molecule has 0 fully saturated rings. The summed E-state index contributed by atoms with van der Waals surface area (Å²) in [6.45, 7) is 1.16. The van der Waals surface area contributed by atoms with Gasteiger partial charge in [0.1, 0.15) is 11.5 Å². The standard InChI is InChI=1S/C14H14Cl2FN3O/c1-19(2)5-6-20-13(11(16)8-18-20)14(21)10-4-3-9(15)7-12(10)17/h3-4,7-8H,5-6H2,1-2H3. The second kappa shape index (κ2) is 6.56. The van der Waals surface area contributed by atoms with Gasteiger partial charge in [-0.1, -0.05) is 23.2 Å². The lowest BCUT2D eigenvalue weighted by Gasteiger charge is -2.12. The number of likely N-dealkylation sites (N-methyl/N-ethyl adjacent to an activating group) is 1. The van der Waals surface area contributed by atoms with E-state index in [1.165, 1.54) is 23.0 Å². The average Bonchev–Trinajstić information content (AvgIpc) is 2.77. The molecule has 1 heterocycles. The maximum atomic E-state index is 13.9. The number of aromatic nitrogens is 2. The van der Waals surface area contributed by atoms with Gasteiger partial charge in [0.15, 0.2) is 0 Å². The maximum absolute atomic E-state index is 13.9. The highest BCUT2D eigenvalue weighted by molar-refractivity contribution is 6.34. The molecule has 0 aliphatic rings. The second-order valence-corrected chi connectivity index (χ2v) is 5.66. The molecule has 4 nitrogen and oxygen atoms in total. The summed E-state index contributed by atoms with van der Waals surface area (Å²) < 4.78 is 15.4. The van der Waals surface area contributed by atoms with E-state index in [9.17, 15) is 9.18 Å². The van der Waals surface area contributed by atoms with Crippen molar-refractivity contribution in [2.75, 3.05) is 20.6 Å². The Balaban J connectivity index is 2.36. The molecule has 1 aromatic heterocycles. The number of hydrogen-bond acceptors (Lipinski definition) is 3. The first-order chi connectivity index (χ1) is 9.90. The molecule has 112 valence electrons. The largest absolute Gasteiger partial charge is 0.308 e. The second-order valence-electron chi connectivity index (χ2n) is 4.82. The molecule has 0 bridgehead atoms. The maximum Gasteiger partial charge on any atom is 0.215 e. The first-order valence-electron chi connectivity index (χ1n) is 6.26. The van der Waals surface area contributed by atoms with Crippen LogP contribution in [0.4, 0.5) is 4.39 Å². The summed E-state index contributed by atoms with van der Waals surface area (Å²) in [5, 5.41) is 4.50. The Morgan fingerprint density at radius 3 is 2.71 bits per heavy atom. The molecule has 2 aromatic rings. The van der Waals surface area contributed by atoms with Crippen LogP contribution >= 0.6 is 23.2 Å². The van der Waals surface area contributed by atoms with Gasteiger partial charge in [-0.25, -0.2) is 4.39 Å². The predicted octanol–water partition coefficient (Wildman–Crippen LogP) is 3.12. The van der Waals surface area contributed by atoms with E-state index in [1.807, 2.05) is 19.0 Å². The molecule has 0 radical (unpaired) electrons. The van der Waals surface area contributed by atoms with Crippen LogP contribution in [0.25, 0.3) is 0 Å². The van der Waals surface area contributed by atoms with Gasteiger partial charge in [0.25, 0.3) is 0 Å². The minimum absolute atomic E-state index is 0.0760. The molecular weight excluding hydrogens is 316 g/mol. The van der Waals surface area contributed by atoms with E-state index < -0.39 is 11.6 Å². The number of hydrogen-bond donors (Lipinski definition) is 0. The Bertz CT molecular complexity index is 670. The highest BCUT2D eigenvalue weighted by atomic mass is 35.5. The van der Waals surface area contributed by atoms with Gasteiger partial charge < -0.3 is 4.90 Å². The third kappa shape index (κ3) is 3.61. The Labute approximate surface area is 132 Å². The molecule has 0 saturated heterocycles. The lowest BCUT2D eigenvalue weighted by atomic mass is 10.1. The lowest BCUT2D eigenvalue weighted by molar-refractivity contribution is 0.102. The van der Waals surface area contributed by atoms with E-state index in [1.54, 1.807) is 0 Å². The monoisotopic (exact) mass is 329 g/mol. The smallest absolute Gasteiger partial charge is 0.215 e. The van der Waals surface area contributed by atoms with Crippen LogP contribution in [-0.4, -0.2) is 41.1 Å². The van der Waals surface area contributed by atoms with Crippen LogP contribution in [-0.2, 0) is 6.54 Å². The van der Waals surface area contributed by atoms with Crippen LogP contribution in [0.2, 0.25) is 10.0 Å². The third-order valence-electron chi connectivity index (χ3n) is 2.94. The van der Waals surface area contributed by atoms with Gasteiger partial charge >= 0.3 is 0 Å². The number of carbonyl (C=O) groups is 1. The fourth-order valence-electron chi connectivity index (χ4n) is 1.85. The van der Waals surface area contributed by atoms with E-state index in [2.05, 4.69) is 5.10 Å². The van der Waals surface area contributed by atoms with Crippen LogP contribution in [0.1, 0.15) is 16.1 Å². The molecule has 7 heteroatoms. The molecule has 0 spiro atoms. The fraction of sp³-hybridized carbons (Fsp3) is 0.286. The number of rotatable bonds is 5. The highest BCUT2D eigenvalue weighted by Gasteiger charge is 2.22. The van der Waals surface area contributed by atoms with E-state index in [4.69, 9.17) is 23.2 Å². The van der Waals surface area contributed by atoms with Gasteiger partial charge in [-0.05, 0) is 32.3 Å². The first kappa shape index (κ1) is 15.9. The van der Waals surface area contributed by atoms with E-state index in [-0.39, 0.29) is 21.3 Å². The van der Waals surface area contributed by atoms with Gasteiger partial charge in [0.2, 0.25) is 5.78 Å². The minimum atomic E-state index is -0.677. The van der Waals surface area contributed by atoms with Gasteiger partial charge in [-0.3, -0.25) is 9.48 Å². The van der Waals surface area contributed by atoms with Crippen molar-refractivity contribution in [3.8, 4) is 0 Å². The number of ketones is 1. The number of benzene rings is 1. The minimum Gasteiger partial charge on any atom is -0.308 e. The van der Waals surface area contributed by atoms with Crippen molar-refractivity contribution in [2.45, 2.75) is 6.54 Å². The first-order valence-corrected chi connectivity index (χ1v) is 7.01. The Morgan fingerprint density at radius 1 is 1.38 bits per heavy atom. The quantitative estimate of drug-likeness (QED) is 0.791. The highest BCUT2D eigenvalue weighted by Crippen LogP contribution is 2.22. The zero-order valence-electron chi connectivity index (χ0n) is 11.6. The Morgan fingerprint density at radius 2 is 2.10 bits per heavy atom. The van der Waals surface area contributed by atoms with Crippen molar-refractivity contribution in [1.82, 2.24) is 14.7 Å². The summed E-state index contributed by atoms with van der Waals surface area (Å²) in [5.74, 6) is -1.19. The van der Waals surface area contributed by atoms with Gasteiger partial charge in [0.05, 0.1) is 23.3 Å². The molecule has 1 aromatic carbocycles. The Hall–Kier alpha value is -1.43. The summed E-state index contributed by atoms with van der Waals surface area (Å²) in [7, 11) is 3.82. The van der Waals surface area contributed by atoms with Crippen LogP contribution in [0.3, 0.4) is 0 Å². The SMILES string of the molecule is CN(C)CCn1ncc(Cl)c1C(=O)c1ccc(Cl)cc1F. The average molecular weight is 330 g/mol. The summed E-state index contributed by atoms with van der Waals surface area (Å²) in [6.07, 6.45) is 1.39. The topological polar surface area (TPSA) is 38.1 Å². The number of halogens is 3. The fourth-order valence-corrected chi connectivity index (χ4v) is 2.24. The van der Waals surface area contributed by atoms with Crippen LogP contribution in [0.15, 0.2) is 24.4 Å². The van der Waals surface area contributed by atoms with Gasteiger partial charge in [-0.15, -0.1) is 0 Å². The number of nitrogens with zero attached hydrogens (tertiary/aromatic N) is 3. The molecule has 21 heavy (non-hydrogen) atoms. The normalized spacial score (nSPS) is 11.1. The van der Waals surface area contributed by atoms with Crippen molar-refractivity contribution in [3.05, 3.63) is 51.5 Å². The molecule has 0 atom stereocenters. The number of carbonyl (C=O) groups excluding carboxylic acids is 1. The van der Waals surface area contributed by atoms with Crippen LogP contribution < -0.4 is 0 Å². The zero-order valence-corrected chi connectivity index (χ0v) is 13.1. The molecular formula is C14H14Cl2FN3O. The van der Waals surface area contributed by atoms with Crippen molar-refractivity contribution in [1.29, 1.82) is 0 Å². The van der Waals surface area contributed by atoms with E-state index >= 15 is 0 Å². The van der Waals surface area contributed by atoms with Crippen LogP contribution in [0, 0.1) is 5.82 Å². The van der Waals surface area contributed by atoms with Crippen molar-refractivity contribution in [2.24, 2.45) is 0 Å². The predicted molar refractivity (Wildman–Crippen MR) is 80.6 cm³/mol. The molecule has 2 rings (SSSR count). The summed E-state index contributed by atoms with van der Waals surface area (Å²) in [4.78, 5) is 14.4. The molecule has 0 aliphatic carbocycles. The summed E-state index contributed by atoms with van der Waals surface area (Å²) in [6, 6.07) is 3.91. The van der Waals surface area contributed by atoms with Crippen molar-refractivity contribution >= 4 is 29.0 Å². The lowest BCUT2D eigenvalue weighted by Crippen LogP contribution is -2.22. The molecule has 0 saturated carbocycles. The molecule has 0 unspecified atom stereocenters. The van der Waals surface area contributed by atoms with Crippen molar-refractivity contribution in [3.63, 3.8) is 0 Å². The zero-order chi connectivity index (χ0) is 15.6. The van der Waals surface area contributed by atoms with Gasteiger partial charge in [-0.2, -0.15) is 5.10 Å². The Kier molecular flexibility index (Phi) is 4.98. The van der Waals surface area contributed by atoms with Crippen molar-refractivity contribution < 1.29 is 9.18 Å². The summed E-state index contributed by atoms with van der Waals surface area (Å²) in [5.41, 5.74) is 0.104. The summed E-state index contributed by atoms with van der Waals surface area (Å²) >= 11 is 11.7. The third-order valence-corrected chi connectivity index (χ3v) is 3.46. The van der Waals surface area contributed by atoms with E-state index in [0.29, 0.717) is 13.1 Å².